The minimum Gasteiger partial charge on any atom is -0.468 e. The second kappa shape index (κ2) is 7.25. The molecule has 0 spiro atoms. The van der Waals surface area contributed by atoms with Crippen LogP contribution in [-0.4, -0.2) is 28.4 Å². The van der Waals surface area contributed by atoms with Gasteiger partial charge in [0.25, 0.3) is 5.56 Å². The zero-order valence-electron chi connectivity index (χ0n) is 15.4. The van der Waals surface area contributed by atoms with Crippen LogP contribution in [0.4, 0.5) is 0 Å². The van der Waals surface area contributed by atoms with Crippen molar-refractivity contribution in [2.24, 2.45) is 0 Å². The Kier molecular flexibility index (Phi) is 5.20. The molecule has 136 valence electrons. The average Bonchev–Trinajstić information content (AvgIpc) is 2.88. The fourth-order valence-corrected chi connectivity index (χ4v) is 4.73. The zero-order chi connectivity index (χ0) is 19.0. The Balaban J connectivity index is 2.29. The number of thioether (sulfide) groups is 1. The summed E-state index contributed by atoms with van der Waals surface area (Å²) in [7, 11) is 1.35. The maximum absolute atomic E-state index is 13.3. The number of nitrogens with zero attached hydrogens (tertiary/aromatic N) is 2. The van der Waals surface area contributed by atoms with Crippen molar-refractivity contribution in [1.29, 1.82) is 0 Å². The second-order valence-electron chi connectivity index (χ2n) is 6.15. The molecule has 0 N–H and O–H groups in total. The van der Waals surface area contributed by atoms with E-state index in [4.69, 9.17) is 9.72 Å². The Morgan fingerprint density at radius 1 is 1.27 bits per heavy atom. The molecule has 7 heteroatoms. The fraction of sp³-hybridized carbons (Fsp3) is 0.316. The number of thiophene rings is 1. The largest absolute Gasteiger partial charge is 0.468 e. The zero-order valence-corrected chi connectivity index (χ0v) is 17.0. The minimum atomic E-state index is -0.352. The highest BCUT2D eigenvalue weighted by molar-refractivity contribution is 7.99. The topological polar surface area (TPSA) is 61.2 Å². The summed E-state index contributed by atoms with van der Waals surface area (Å²) in [5.41, 5.74) is 3.75. The van der Waals surface area contributed by atoms with Gasteiger partial charge in [0, 0.05) is 4.88 Å². The summed E-state index contributed by atoms with van der Waals surface area (Å²) in [6.07, 6.45) is 0. The molecule has 5 nitrogen and oxygen atoms in total. The highest BCUT2D eigenvalue weighted by Gasteiger charge is 2.19. The van der Waals surface area contributed by atoms with Gasteiger partial charge in [-0.2, -0.15) is 0 Å². The number of aryl methyl sites for hydroxylation is 4. The number of benzene rings is 1. The Hall–Kier alpha value is -2.12. The molecule has 0 aliphatic carbocycles. The van der Waals surface area contributed by atoms with E-state index in [-0.39, 0.29) is 17.3 Å². The molecular weight excluding hydrogens is 368 g/mol. The van der Waals surface area contributed by atoms with Crippen LogP contribution >= 0.6 is 23.1 Å². The van der Waals surface area contributed by atoms with Crippen molar-refractivity contribution in [2.45, 2.75) is 32.9 Å². The molecule has 0 aliphatic rings. The first kappa shape index (κ1) is 18.7. The lowest BCUT2D eigenvalue weighted by Crippen LogP contribution is -2.23. The number of esters is 1. The molecule has 0 saturated carbocycles. The van der Waals surface area contributed by atoms with Gasteiger partial charge in [0.2, 0.25) is 0 Å². The smallest absolute Gasteiger partial charge is 0.316 e. The van der Waals surface area contributed by atoms with E-state index in [1.54, 1.807) is 4.57 Å². The van der Waals surface area contributed by atoms with Crippen molar-refractivity contribution in [3.05, 3.63) is 50.1 Å². The third-order valence-corrected chi connectivity index (χ3v) is 6.33. The van der Waals surface area contributed by atoms with E-state index in [0.717, 1.165) is 27.3 Å². The summed E-state index contributed by atoms with van der Waals surface area (Å²) in [6, 6.07) is 5.93. The van der Waals surface area contributed by atoms with E-state index in [9.17, 15) is 9.59 Å². The molecular formula is C19H20N2O3S2. The van der Waals surface area contributed by atoms with Crippen LogP contribution in [0.3, 0.4) is 0 Å². The summed E-state index contributed by atoms with van der Waals surface area (Å²) in [5, 5.41) is 1.15. The highest BCUT2D eigenvalue weighted by atomic mass is 32.2. The lowest BCUT2D eigenvalue weighted by molar-refractivity contribution is -0.137. The van der Waals surface area contributed by atoms with Gasteiger partial charge in [-0.25, -0.2) is 4.98 Å². The average molecular weight is 389 g/mol. The quantitative estimate of drug-likeness (QED) is 0.385. The van der Waals surface area contributed by atoms with Crippen molar-refractivity contribution in [1.82, 2.24) is 9.55 Å². The Bertz CT molecular complexity index is 1070. The van der Waals surface area contributed by atoms with Crippen molar-refractivity contribution in [3.8, 4) is 5.69 Å². The molecule has 0 aliphatic heterocycles. The normalized spacial score (nSPS) is 11.1. The summed E-state index contributed by atoms with van der Waals surface area (Å²) >= 11 is 2.72. The molecule has 0 saturated heterocycles. The number of carbonyl (C=O) groups is 1. The van der Waals surface area contributed by atoms with Crippen molar-refractivity contribution >= 4 is 39.3 Å². The third kappa shape index (κ3) is 3.29. The van der Waals surface area contributed by atoms with Crippen molar-refractivity contribution < 1.29 is 9.53 Å². The number of hydrogen-bond donors (Lipinski definition) is 0. The van der Waals surface area contributed by atoms with Crippen LogP contribution in [0.2, 0.25) is 0 Å². The van der Waals surface area contributed by atoms with Crippen molar-refractivity contribution in [3.63, 3.8) is 0 Å². The van der Waals surface area contributed by atoms with Gasteiger partial charge in [-0.1, -0.05) is 29.5 Å². The maximum Gasteiger partial charge on any atom is 0.316 e. The molecule has 0 bridgehead atoms. The van der Waals surface area contributed by atoms with Crippen LogP contribution in [0.5, 0.6) is 0 Å². The molecule has 0 amide bonds. The standard InChI is InChI=1S/C19H20N2O3S2/c1-10-6-7-14(11(2)8-10)21-18(23)16-12(3)13(4)26-17(16)20-19(21)25-9-15(22)24-5/h6-8H,9H2,1-5H3. The number of ether oxygens (including phenoxy) is 1. The Morgan fingerprint density at radius 3 is 2.65 bits per heavy atom. The van der Waals surface area contributed by atoms with E-state index >= 15 is 0 Å². The SMILES string of the molecule is COC(=O)CSc1nc2sc(C)c(C)c2c(=O)n1-c1ccc(C)cc1C. The van der Waals surface area contributed by atoms with E-state index in [1.807, 2.05) is 45.9 Å². The summed E-state index contributed by atoms with van der Waals surface area (Å²) in [5.74, 6) is -0.252. The lowest BCUT2D eigenvalue weighted by atomic mass is 10.1. The number of carbonyl (C=O) groups excluding carboxylic acids is 1. The molecule has 0 atom stereocenters. The third-order valence-electron chi connectivity index (χ3n) is 4.31. The number of hydrogen-bond acceptors (Lipinski definition) is 6. The van der Waals surface area contributed by atoms with Gasteiger partial charge < -0.3 is 4.74 Å². The van der Waals surface area contributed by atoms with Crippen LogP contribution in [0, 0.1) is 27.7 Å². The van der Waals surface area contributed by atoms with E-state index in [2.05, 4.69) is 0 Å². The molecule has 2 aromatic heterocycles. The summed E-state index contributed by atoms with van der Waals surface area (Å²) < 4.78 is 6.34. The molecule has 0 unspecified atom stereocenters. The molecule has 0 radical (unpaired) electrons. The van der Waals surface area contributed by atoms with Gasteiger partial charge in [-0.15, -0.1) is 11.3 Å². The number of aromatic nitrogens is 2. The number of methoxy groups -OCH3 is 1. The maximum atomic E-state index is 13.3. The summed E-state index contributed by atoms with van der Waals surface area (Å²) in [6.45, 7) is 7.93. The highest BCUT2D eigenvalue weighted by Crippen LogP contribution is 2.30. The van der Waals surface area contributed by atoms with E-state index < -0.39 is 0 Å². The first-order valence-electron chi connectivity index (χ1n) is 8.13. The first-order valence-corrected chi connectivity index (χ1v) is 9.93. The van der Waals surface area contributed by atoms with E-state index in [1.165, 1.54) is 30.2 Å². The van der Waals surface area contributed by atoms with Crippen LogP contribution in [0.1, 0.15) is 21.6 Å². The molecule has 3 aromatic rings. The van der Waals surface area contributed by atoms with Crippen LogP contribution in [0.15, 0.2) is 28.2 Å². The Labute approximate surface area is 160 Å². The lowest BCUT2D eigenvalue weighted by Gasteiger charge is -2.14. The Morgan fingerprint density at radius 2 is 2.00 bits per heavy atom. The number of fused-ring (bicyclic) bond motifs is 1. The van der Waals surface area contributed by atoms with Crippen LogP contribution in [0.25, 0.3) is 15.9 Å². The molecule has 3 rings (SSSR count). The molecule has 1 aromatic carbocycles. The predicted octanol–water partition coefficient (Wildman–Crippen LogP) is 3.95. The minimum absolute atomic E-state index is 0.0999. The van der Waals surface area contributed by atoms with Crippen LogP contribution < -0.4 is 5.56 Å². The van der Waals surface area contributed by atoms with Gasteiger partial charge in [0.05, 0.1) is 23.9 Å². The van der Waals surface area contributed by atoms with Gasteiger partial charge in [-0.3, -0.25) is 14.2 Å². The second-order valence-corrected chi connectivity index (χ2v) is 8.30. The van der Waals surface area contributed by atoms with Gasteiger partial charge in [0.1, 0.15) is 4.83 Å². The first-order chi connectivity index (χ1) is 12.3. The predicted molar refractivity (Wildman–Crippen MR) is 107 cm³/mol. The molecule has 0 fully saturated rings. The monoisotopic (exact) mass is 388 g/mol. The van der Waals surface area contributed by atoms with Crippen LogP contribution in [-0.2, 0) is 9.53 Å². The number of rotatable bonds is 4. The van der Waals surface area contributed by atoms with Gasteiger partial charge in [-0.05, 0) is 44.9 Å². The van der Waals surface area contributed by atoms with Gasteiger partial charge in [0.15, 0.2) is 5.16 Å². The summed E-state index contributed by atoms with van der Waals surface area (Å²) in [4.78, 5) is 31.4. The van der Waals surface area contributed by atoms with E-state index in [0.29, 0.717) is 15.4 Å². The van der Waals surface area contributed by atoms with Crippen molar-refractivity contribution in [2.75, 3.05) is 12.9 Å². The molecule has 2 heterocycles. The van der Waals surface area contributed by atoms with Gasteiger partial charge >= 0.3 is 5.97 Å². The molecule has 26 heavy (non-hydrogen) atoms. The fourth-order valence-electron chi connectivity index (χ4n) is 2.82.